The molecule has 8 heteroatoms. The molecule has 5 nitrogen and oxygen atoms in total. The molecule has 1 heterocycles. The molecular weight excluding hydrogens is 384 g/mol. The molecule has 1 aromatic carbocycles. The third kappa shape index (κ3) is 4.96. The lowest BCUT2D eigenvalue weighted by molar-refractivity contribution is -0.127. The Bertz CT molecular complexity index is 631. The highest BCUT2D eigenvalue weighted by Gasteiger charge is 2.12. The number of carbonyl (C=O) groups is 1. The SMILES string of the molecule is CCN(CC)C(=O)CSc1nnc(Nc2cccc(Br)c2)s1. The number of nitrogens with zero attached hydrogens (tertiary/aromatic N) is 3. The number of thioether (sulfide) groups is 1. The Morgan fingerprint density at radius 2 is 2.14 bits per heavy atom. The van der Waals surface area contributed by atoms with E-state index in [2.05, 4.69) is 31.4 Å². The van der Waals surface area contributed by atoms with E-state index in [9.17, 15) is 4.79 Å². The van der Waals surface area contributed by atoms with E-state index in [1.807, 2.05) is 43.0 Å². The summed E-state index contributed by atoms with van der Waals surface area (Å²) in [5.74, 6) is 0.527. The zero-order valence-electron chi connectivity index (χ0n) is 12.4. The number of aromatic nitrogens is 2. The van der Waals surface area contributed by atoms with Gasteiger partial charge in [0, 0.05) is 23.2 Å². The van der Waals surface area contributed by atoms with Gasteiger partial charge in [-0.1, -0.05) is 45.1 Å². The number of hydrogen-bond donors (Lipinski definition) is 1. The fourth-order valence-corrected chi connectivity index (χ4v) is 3.87. The fraction of sp³-hybridized carbons (Fsp3) is 0.357. The van der Waals surface area contributed by atoms with E-state index in [1.165, 1.54) is 23.1 Å². The Balaban J connectivity index is 1.90. The molecule has 0 aliphatic rings. The average Bonchev–Trinajstić information content (AvgIpc) is 2.94. The largest absolute Gasteiger partial charge is 0.343 e. The summed E-state index contributed by atoms with van der Waals surface area (Å²) in [6.07, 6.45) is 0. The number of carbonyl (C=O) groups excluding carboxylic acids is 1. The first-order chi connectivity index (χ1) is 10.6. The Hall–Kier alpha value is -1.12. The van der Waals surface area contributed by atoms with Gasteiger partial charge in [-0.25, -0.2) is 0 Å². The number of benzene rings is 1. The Kier molecular flexibility index (Phi) is 6.66. The summed E-state index contributed by atoms with van der Waals surface area (Å²) in [5.41, 5.74) is 0.946. The van der Waals surface area contributed by atoms with E-state index < -0.39 is 0 Å². The highest BCUT2D eigenvalue weighted by molar-refractivity contribution is 9.10. The molecule has 2 aromatic rings. The van der Waals surface area contributed by atoms with Crippen molar-refractivity contribution in [2.45, 2.75) is 18.2 Å². The van der Waals surface area contributed by atoms with Gasteiger partial charge in [-0.15, -0.1) is 10.2 Å². The second kappa shape index (κ2) is 8.50. The summed E-state index contributed by atoms with van der Waals surface area (Å²) in [7, 11) is 0. The number of hydrogen-bond acceptors (Lipinski definition) is 6. The Morgan fingerprint density at radius 1 is 1.36 bits per heavy atom. The molecule has 1 aromatic heterocycles. The van der Waals surface area contributed by atoms with Crippen LogP contribution in [0.5, 0.6) is 0 Å². The second-order valence-electron chi connectivity index (χ2n) is 4.36. The smallest absolute Gasteiger partial charge is 0.233 e. The van der Waals surface area contributed by atoms with E-state index in [-0.39, 0.29) is 5.91 Å². The van der Waals surface area contributed by atoms with Crippen molar-refractivity contribution < 1.29 is 4.79 Å². The van der Waals surface area contributed by atoms with Gasteiger partial charge in [0.1, 0.15) is 0 Å². The van der Waals surface area contributed by atoms with Gasteiger partial charge in [-0.3, -0.25) is 4.79 Å². The Morgan fingerprint density at radius 3 is 2.82 bits per heavy atom. The topological polar surface area (TPSA) is 58.1 Å². The molecule has 118 valence electrons. The lowest BCUT2D eigenvalue weighted by atomic mass is 10.3. The molecule has 0 spiro atoms. The highest BCUT2D eigenvalue weighted by Crippen LogP contribution is 2.28. The van der Waals surface area contributed by atoms with Crippen LogP contribution in [0, 0.1) is 0 Å². The molecule has 0 atom stereocenters. The summed E-state index contributed by atoms with van der Waals surface area (Å²) in [6.45, 7) is 5.44. The number of rotatable bonds is 7. The van der Waals surface area contributed by atoms with Gasteiger partial charge in [0.15, 0.2) is 4.34 Å². The van der Waals surface area contributed by atoms with Gasteiger partial charge in [0.2, 0.25) is 11.0 Å². The summed E-state index contributed by atoms with van der Waals surface area (Å²) >= 11 is 6.30. The van der Waals surface area contributed by atoms with Crippen molar-refractivity contribution in [2.24, 2.45) is 0 Å². The van der Waals surface area contributed by atoms with Gasteiger partial charge in [-0.2, -0.15) is 0 Å². The molecule has 1 amide bonds. The van der Waals surface area contributed by atoms with Crippen molar-refractivity contribution in [3.05, 3.63) is 28.7 Å². The molecule has 0 saturated heterocycles. The second-order valence-corrected chi connectivity index (χ2v) is 7.48. The van der Waals surface area contributed by atoms with Crippen molar-refractivity contribution in [2.75, 3.05) is 24.2 Å². The monoisotopic (exact) mass is 400 g/mol. The number of anilines is 2. The lowest BCUT2D eigenvalue weighted by Crippen LogP contribution is -2.31. The zero-order valence-corrected chi connectivity index (χ0v) is 15.6. The van der Waals surface area contributed by atoms with Gasteiger partial charge < -0.3 is 10.2 Å². The first kappa shape index (κ1) is 17.2. The van der Waals surface area contributed by atoms with Crippen molar-refractivity contribution in [3.63, 3.8) is 0 Å². The molecule has 22 heavy (non-hydrogen) atoms. The van der Waals surface area contributed by atoms with Gasteiger partial charge in [0.05, 0.1) is 5.75 Å². The van der Waals surface area contributed by atoms with Crippen LogP contribution in [0.15, 0.2) is 33.1 Å². The minimum atomic E-state index is 0.131. The van der Waals surface area contributed by atoms with Crippen molar-refractivity contribution in [1.29, 1.82) is 0 Å². The molecule has 2 rings (SSSR count). The first-order valence-electron chi connectivity index (χ1n) is 6.89. The van der Waals surface area contributed by atoms with E-state index in [4.69, 9.17) is 0 Å². The maximum atomic E-state index is 12.0. The van der Waals surface area contributed by atoms with E-state index in [0.29, 0.717) is 5.75 Å². The summed E-state index contributed by atoms with van der Waals surface area (Å²) < 4.78 is 1.79. The summed E-state index contributed by atoms with van der Waals surface area (Å²) in [5, 5.41) is 12.1. The number of amides is 1. The van der Waals surface area contributed by atoms with Crippen LogP contribution in [0.4, 0.5) is 10.8 Å². The standard InChI is InChI=1S/C14H17BrN4OS2/c1-3-19(4-2)12(20)9-21-14-18-17-13(22-14)16-11-7-5-6-10(15)8-11/h5-8H,3-4,9H2,1-2H3,(H,16,17). The molecule has 0 saturated carbocycles. The maximum Gasteiger partial charge on any atom is 0.233 e. The first-order valence-corrected chi connectivity index (χ1v) is 9.48. The van der Waals surface area contributed by atoms with E-state index in [0.717, 1.165) is 32.7 Å². The van der Waals surface area contributed by atoms with Crippen LogP contribution in [0.3, 0.4) is 0 Å². The summed E-state index contributed by atoms with van der Waals surface area (Å²) in [6, 6.07) is 7.85. The van der Waals surface area contributed by atoms with Crippen molar-refractivity contribution in [3.8, 4) is 0 Å². The number of nitrogens with one attached hydrogen (secondary N) is 1. The summed E-state index contributed by atoms with van der Waals surface area (Å²) in [4.78, 5) is 13.8. The zero-order chi connectivity index (χ0) is 15.9. The van der Waals surface area contributed by atoms with Gasteiger partial charge in [0.25, 0.3) is 0 Å². The maximum absolute atomic E-state index is 12.0. The van der Waals surface area contributed by atoms with Crippen LogP contribution < -0.4 is 5.32 Å². The van der Waals surface area contributed by atoms with Crippen LogP contribution in [-0.2, 0) is 4.79 Å². The van der Waals surface area contributed by atoms with Crippen LogP contribution in [-0.4, -0.2) is 39.8 Å². The molecule has 0 fully saturated rings. The molecule has 0 aliphatic carbocycles. The van der Waals surface area contributed by atoms with Gasteiger partial charge >= 0.3 is 0 Å². The van der Waals surface area contributed by atoms with Crippen molar-refractivity contribution in [1.82, 2.24) is 15.1 Å². The number of halogens is 1. The molecule has 0 radical (unpaired) electrons. The molecule has 0 aliphatic heterocycles. The lowest BCUT2D eigenvalue weighted by Gasteiger charge is -2.17. The molecule has 0 unspecified atom stereocenters. The van der Waals surface area contributed by atoms with Crippen molar-refractivity contribution >= 4 is 55.8 Å². The van der Waals surface area contributed by atoms with Crippen LogP contribution in [0.2, 0.25) is 0 Å². The predicted octanol–water partition coefficient (Wildman–Crippen LogP) is 4.00. The fourth-order valence-electron chi connectivity index (χ4n) is 1.80. The van der Waals surface area contributed by atoms with Crippen LogP contribution >= 0.6 is 39.0 Å². The van der Waals surface area contributed by atoms with Crippen LogP contribution in [0.25, 0.3) is 0 Å². The average molecular weight is 401 g/mol. The third-order valence-corrected chi connectivity index (χ3v) is 5.37. The molecule has 0 bridgehead atoms. The molecule has 1 N–H and O–H groups in total. The van der Waals surface area contributed by atoms with E-state index >= 15 is 0 Å². The molecular formula is C14H17BrN4OS2. The van der Waals surface area contributed by atoms with E-state index in [1.54, 1.807) is 0 Å². The highest BCUT2D eigenvalue weighted by atomic mass is 79.9. The van der Waals surface area contributed by atoms with Gasteiger partial charge in [-0.05, 0) is 32.0 Å². The predicted molar refractivity (Wildman–Crippen MR) is 96.0 cm³/mol. The Labute approximate surface area is 146 Å². The minimum absolute atomic E-state index is 0.131. The van der Waals surface area contributed by atoms with Crippen LogP contribution in [0.1, 0.15) is 13.8 Å². The normalized spacial score (nSPS) is 10.5. The minimum Gasteiger partial charge on any atom is -0.343 e. The third-order valence-electron chi connectivity index (χ3n) is 2.92. The quantitative estimate of drug-likeness (QED) is 0.711.